The van der Waals surface area contributed by atoms with Gasteiger partial charge >= 0.3 is 0 Å². The highest BCUT2D eigenvalue weighted by atomic mass is 19.3. The lowest BCUT2D eigenvalue weighted by Crippen LogP contribution is -2.56. The average Bonchev–Trinajstić information content (AvgIpc) is 3.36. The molecule has 11 heteroatoms. The van der Waals surface area contributed by atoms with E-state index in [1.54, 1.807) is 24.2 Å². The third-order valence-corrected chi connectivity index (χ3v) is 8.40. The predicted octanol–water partition coefficient (Wildman–Crippen LogP) is 4.85. The fourth-order valence-corrected chi connectivity index (χ4v) is 6.53. The first kappa shape index (κ1) is 27.1. The molecule has 4 heterocycles. The van der Waals surface area contributed by atoms with Gasteiger partial charge in [-0.1, -0.05) is 12.5 Å². The van der Waals surface area contributed by atoms with Crippen molar-refractivity contribution in [3.05, 3.63) is 76.2 Å². The summed E-state index contributed by atoms with van der Waals surface area (Å²) in [4.78, 5) is 30.0. The molecular weight excluding hydrogens is 528 g/mol. The number of likely N-dealkylation sites (tertiary alicyclic amines) is 1. The average molecular weight is 562 g/mol. The zero-order valence-corrected chi connectivity index (χ0v) is 23.3. The molecule has 1 aliphatic carbocycles. The third kappa shape index (κ3) is 5.01. The lowest BCUT2D eigenvalue weighted by Gasteiger charge is -2.51. The number of ether oxygens (including phenoxy) is 1. The van der Waals surface area contributed by atoms with Crippen LogP contribution in [0.4, 0.5) is 20.4 Å². The Labute approximate surface area is 238 Å². The van der Waals surface area contributed by atoms with Crippen molar-refractivity contribution < 1.29 is 18.3 Å². The van der Waals surface area contributed by atoms with E-state index >= 15 is 0 Å². The van der Waals surface area contributed by atoms with Crippen LogP contribution in [0.5, 0.6) is 5.75 Å². The van der Waals surface area contributed by atoms with Gasteiger partial charge in [-0.2, -0.15) is 0 Å². The summed E-state index contributed by atoms with van der Waals surface area (Å²) in [7, 11) is 1.80. The molecule has 0 bridgehead atoms. The molecule has 6 rings (SSSR count). The molecule has 9 nitrogen and oxygen atoms in total. The van der Waals surface area contributed by atoms with Gasteiger partial charge in [0.25, 0.3) is 11.8 Å². The standard InChI is InChI=1S/C30H33F2N7O2/c1-4-41-25-12-22(36-13-24(25)33-2)16-39-17-29(6-5-7-29)26-21(15-37-18-30(31,32)19-37)10-20(11-23(26)27(39)40)14-38-9-8-35-28(38)34-3/h8-13H,4-7,14-19H2,1,3H3,(H,34,35). The van der Waals surface area contributed by atoms with Crippen LogP contribution >= 0.6 is 0 Å². The third-order valence-electron chi connectivity index (χ3n) is 8.40. The zero-order valence-electron chi connectivity index (χ0n) is 23.3. The van der Waals surface area contributed by atoms with E-state index in [2.05, 4.69) is 26.2 Å². The van der Waals surface area contributed by atoms with E-state index in [0.29, 0.717) is 61.4 Å². The van der Waals surface area contributed by atoms with Crippen molar-refractivity contribution in [2.45, 2.75) is 57.2 Å². The Hall–Kier alpha value is -4.04. The molecule has 2 fully saturated rings. The first-order valence-corrected chi connectivity index (χ1v) is 14.0. The SMILES string of the molecule is [C-]#[N+]c1cnc(CN2CC3(CCC3)c3c(CN4CC(F)(F)C4)cc(Cn4ccnc4NC)cc3C2=O)cc1OCC. The summed E-state index contributed by atoms with van der Waals surface area (Å²) >= 11 is 0. The Morgan fingerprint density at radius 3 is 2.59 bits per heavy atom. The molecule has 3 aromatic rings. The van der Waals surface area contributed by atoms with Crippen molar-refractivity contribution in [1.82, 2.24) is 24.3 Å². The normalized spacial score (nSPS) is 18.8. The van der Waals surface area contributed by atoms with Gasteiger partial charge in [-0.15, -0.1) is 0 Å². The van der Waals surface area contributed by atoms with Crippen molar-refractivity contribution in [2.75, 3.05) is 38.6 Å². The fourth-order valence-electron chi connectivity index (χ4n) is 6.53. The minimum atomic E-state index is -2.66. The van der Waals surface area contributed by atoms with E-state index in [1.807, 2.05) is 28.7 Å². The molecular formula is C30H33F2N7O2. The quantitative estimate of drug-likeness (QED) is 0.377. The minimum absolute atomic E-state index is 0.0944. The number of fused-ring (bicyclic) bond motifs is 2. The highest BCUT2D eigenvalue weighted by molar-refractivity contribution is 5.98. The Kier molecular flexibility index (Phi) is 6.90. The number of amides is 1. The number of hydrogen-bond acceptors (Lipinski definition) is 6. The number of alkyl halides is 2. The number of rotatable bonds is 9. The monoisotopic (exact) mass is 561 g/mol. The molecule has 0 unspecified atom stereocenters. The Bertz CT molecular complexity index is 1520. The smallest absolute Gasteiger partial charge is 0.272 e. The van der Waals surface area contributed by atoms with Crippen molar-refractivity contribution in [3.63, 3.8) is 0 Å². The number of benzene rings is 1. The van der Waals surface area contributed by atoms with E-state index in [1.165, 1.54) is 6.20 Å². The molecule has 0 radical (unpaired) electrons. The summed E-state index contributed by atoms with van der Waals surface area (Å²) in [5, 5.41) is 3.08. The fraction of sp³-hybridized carbons (Fsp3) is 0.467. The van der Waals surface area contributed by atoms with Crippen LogP contribution in [0.3, 0.4) is 0 Å². The van der Waals surface area contributed by atoms with Crippen LogP contribution < -0.4 is 10.1 Å². The number of nitrogens with zero attached hydrogens (tertiary/aromatic N) is 6. The van der Waals surface area contributed by atoms with Gasteiger partial charge in [0.1, 0.15) is 5.75 Å². The summed E-state index contributed by atoms with van der Waals surface area (Å²) in [5.41, 5.74) is 4.33. The van der Waals surface area contributed by atoms with Gasteiger partial charge in [0.2, 0.25) is 11.6 Å². The molecule has 2 aromatic heterocycles. The lowest BCUT2D eigenvalue weighted by atomic mass is 9.60. The number of anilines is 1. The predicted molar refractivity (Wildman–Crippen MR) is 149 cm³/mol. The molecule has 214 valence electrons. The number of aromatic nitrogens is 3. The number of halogens is 2. The van der Waals surface area contributed by atoms with Gasteiger partial charge in [-0.3, -0.25) is 14.7 Å². The molecule has 1 aromatic carbocycles. The largest absolute Gasteiger partial charge is 0.505 e. The van der Waals surface area contributed by atoms with Crippen molar-refractivity contribution >= 4 is 17.5 Å². The Balaban J connectivity index is 1.38. The van der Waals surface area contributed by atoms with Gasteiger partial charge < -0.3 is 19.5 Å². The number of carbonyl (C=O) groups is 1. The highest BCUT2D eigenvalue weighted by Crippen LogP contribution is 2.50. The van der Waals surface area contributed by atoms with Crippen LogP contribution in [0, 0.1) is 6.57 Å². The van der Waals surface area contributed by atoms with Gasteiger partial charge in [-0.05, 0) is 48.6 Å². The second kappa shape index (κ2) is 10.4. The van der Waals surface area contributed by atoms with E-state index in [4.69, 9.17) is 11.3 Å². The topological polar surface area (TPSA) is 79.9 Å². The summed E-state index contributed by atoms with van der Waals surface area (Å²) < 4.78 is 35.2. The summed E-state index contributed by atoms with van der Waals surface area (Å²) in [5.74, 6) is -1.59. The molecule has 41 heavy (non-hydrogen) atoms. The number of imidazole rings is 1. The summed E-state index contributed by atoms with van der Waals surface area (Å²) in [6, 6.07) is 5.81. The number of nitrogens with one attached hydrogen (secondary N) is 1. The number of hydrogen-bond donors (Lipinski definition) is 1. The molecule has 1 N–H and O–H groups in total. The second-order valence-corrected chi connectivity index (χ2v) is 11.3. The van der Waals surface area contributed by atoms with Crippen LogP contribution in [0.15, 0.2) is 36.8 Å². The second-order valence-electron chi connectivity index (χ2n) is 11.3. The van der Waals surface area contributed by atoms with Gasteiger partial charge in [0, 0.05) is 49.7 Å². The van der Waals surface area contributed by atoms with Crippen LogP contribution in [0.2, 0.25) is 0 Å². The van der Waals surface area contributed by atoms with Gasteiger partial charge in [-0.25, -0.2) is 18.6 Å². The summed E-state index contributed by atoms with van der Waals surface area (Å²) in [6.07, 6.45) is 8.01. The molecule has 1 amide bonds. The molecule has 1 spiro atoms. The molecule has 1 saturated heterocycles. The van der Waals surface area contributed by atoms with Crippen molar-refractivity contribution in [2.24, 2.45) is 0 Å². The van der Waals surface area contributed by atoms with E-state index in [-0.39, 0.29) is 24.4 Å². The van der Waals surface area contributed by atoms with E-state index in [9.17, 15) is 13.6 Å². The van der Waals surface area contributed by atoms with Crippen molar-refractivity contribution in [1.29, 1.82) is 0 Å². The molecule has 3 aliphatic rings. The Morgan fingerprint density at radius 2 is 1.93 bits per heavy atom. The van der Waals surface area contributed by atoms with Gasteiger partial charge in [0.05, 0.1) is 45.1 Å². The first-order chi connectivity index (χ1) is 19.7. The maximum absolute atomic E-state index is 14.1. The summed E-state index contributed by atoms with van der Waals surface area (Å²) in [6.45, 7) is 10.9. The molecule has 1 saturated carbocycles. The zero-order chi connectivity index (χ0) is 28.8. The van der Waals surface area contributed by atoms with Crippen LogP contribution in [0.25, 0.3) is 4.85 Å². The van der Waals surface area contributed by atoms with Crippen LogP contribution in [-0.4, -0.2) is 69.5 Å². The molecule has 0 atom stereocenters. The van der Waals surface area contributed by atoms with Crippen molar-refractivity contribution in [3.8, 4) is 5.75 Å². The lowest BCUT2D eigenvalue weighted by molar-refractivity contribution is -0.134. The highest BCUT2D eigenvalue weighted by Gasteiger charge is 2.50. The van der Waals surface area contributed by atoms with Crippen LogP contribution in [0.1, 0.15) is 58.9 Å². The molecule has 2 aliphatic heterocycles. The maximum Gasteiger partial charge on any atom is 0.272 e. The van der Waals surface area contributed by atoms with E-state index < -0.39 is 5.92 Å². The van der Waals surface area contributed by atoms with Gasteiger partial charge in [0.15, 0.2) is 0 Å². The first-order valence-electron chi connectivity index (χ1n) is 14.0. The number of pyridine rings is 1. The minimum Gasteiger partial charge on any atom is -0.505 e. The van der Waals surface area contributed by atoms with E-state index in [0.717, 1.165) is 36.0 Å². The maximum atomic E-state index is 14.1. The van der Waals surface area contributed by atoms with Crippen LogP contribution in [-0.2, 0) is 25.0 Å². The number of carbonyl (C=O) groups excluding carboxylic acids is 1. The Morgan fingerprint density at radius 1 is 1.12 bits per heavy atom.